The Labute approximate surface area is 162 Å². The van der Waals surface area contributed by atoms with Crippen LogP contribution in [0.5, 0.6) is 0 Å². The van der Waals surface area contributed by atoms with E-state index in [4.69, 9.17) is 4.74 Å². The first-order valence-corrected chi connectivity index (χ1v) is 9.11. The minimum absolute atomic E-state index is 0.0890. The van der Waals surface area contributed by atoms with Gasteiger partial charge in [0.1, 0.15) is 5.60 Å². The molecule has 0 unspecified atom stereocenters. The van der Waals surface area contributed by atoms with Gasteiger partial charge in [0.2, 0.25) is 5.65 Å². The molecule has 0 aliphatic carbocycles. The van der Waals surface area contributed by atoms with Gasteiger partial charge in [-0.05, 0) is 34.6 Å². The number of amides is 1. The molecule has 0 saturated heterocycles. The Hall–Kier alpha value is -3.17. The van der Waals surface area contributed by atoms with E-state index in [1.807, 2.05) is 34.6 Å². The number of imidazole rings is 1. The first kappa shape index (κ1) is 19.6. The average Bonchev–Trinajstić information content (AvgIpc) is 3.21. The molecule has 0 saturated carbocycles. The summed E-state index contributed by atoms with van der Waals surface area (Å²) in [6.45, 7) is 10.1. The highest BCUT2D eigenvalue weighted by molar-refractivity contribution is 5.67. The zero-order chi connectivity index (χ0) is 20.5. The SMILES string of the molecule is CC(C)n1c(-c2cnn(CCNC(=O)OC(C)(C)C)c2)nn2ccnc2c1=O. The lowest BCUT2D eigenvalue weighted by Crippen LogP contribution is -2.34. The summed E-state index contributed by atoms with van der Waals surface area (Å²) in [7, 11) is 0. The quantitative estimate of drug-likeness (QED) is 0.716. The number of hydrogen-bond donors (Lipinski definition) is 1. The van der Waals surface area contributed by atoms with Crippen LogP contribution in [0, 0.1) is 0 Å². The van der Waals surface area contributed by atoms with Gasteiger partial charge in [0, 0.05) is 31.2 Å². The normalized spacial score (nSPS) is 11.9. The average molecular weight is 387 g/mol. The fraction of sp³-hybridized carbons (Fsp3) is 0.500. The minimum atomic E-state index is -0.541. The number of carbonyl (C=O) groups excluding carboxylic acids is 1. The Morgan fingerprint density at radius 3 is 2.75 bits per heavy atom. The molecule has 0 radical (unpaired) electrons. The fourth-order valence-electron chi connectivity index (χ4n) is 2.75. The summed E-state index contributed by atoms with van der Waals surface area (Å²) in [5, 5.41) is 11.5. The van der Waals surface area contributed by atoms with Gasteiger partial charge in [-0.15, -0.1) is 5.10 Å². The van der Waals surface area contributed by atoms with Crippen LogP contribution in [0.4, 0.5) is 4.79 Å². The van der Waals surface area contributed by atoms with Crippen LogP contribution < -0.4 is 10.9 Å². The molecule has 0 spiro atoms. The van der Waals surface area contributed by atoms with Gasteiger partial charge in [-0.1, -0.05) is 0 Å². The van der Waals surface area contributed by atoms with Crippen molar-refractivity contribution >= 4 is 11.7 Å². The zero-order valence-electron chi connectivity index (χ0n) is 16.7. The van der Waals surface area contributed by atoms with Gasteiger partial charge in [-0.2, -0.15) is 5.10 Å². The van der Waals surface area contributed by atoms with E-state index in [9.17, 15) is 9.59 Å². The van der Waals surface area contributed by atoms with Crippen molar-refractivity contribution in [3.8, 4) is 11.4 Å². The van der Waals surface area contributed by atoms with Gasteiger partial charge in [0.15, 0.2) is 5.82 Å². The highest BCUT2D eigenvalue weighted by Gasteiger charge is 2.18. The van der Waals surface area contributed by atoms with Crippen molar-refractivity contribution in [3.63, 3.8) is 0 Å². The molecule has 28 heavy (non-hydrogen) atoms. The highest BCUT2D eigenvalue weighted by Crippen LogP contribution is 2.18. The lowest BCUT2D eigenvalue weighted by atomic mass is 10.2. The van der Waals surface area contributed by atoms with Gasteiger partial charge >= 0.3 is 6.09 Å². The molecule has 3 heterocycles. The van der Waals surface area contributed by atoms with Crippen LogP contribution in [0.3, 0.4) is 0 Å². The van der Waals surface area contributed by atoms with Crippen LogP contribution in [0.1, 0.15) is 40.7 Å². The number of nitrogens with one attached hydrogen (secondary N) is 1. The van der Waals surface area contributed by atoms with Crippen molar-refractivity contribution in [1.82, 2.24) is 34.3 Å². The van der Waals surface area contributed by atoms with E-state index in [1.54, 1.807) is 34.0 Å². The zero-order valence-corrected chi connectivity index (χ0v) is 16.7. The maximum atomic E-state index is 12.7. The smallest absolute Gasteiger partial charge is 0.407 e. The van der Waals surface area contributed by atoms with Crippen LogP contribution in [0.15, 0.2) is 29.6 Å². The summed E-state index contributed by atoms with van der Waals surface area (Å²) in [5.41, 5.74) is 0.246. The van der Waals surface area contributed by atoms with Crippen molar-refractivity contribution in [1.29, 1.82) is 0 Å². The summed E-state index contributed by atoms with van der Waals surface area (Å²) < 4.78 is 9.95. The van der Waals surface area contributed by atoms with E-state index in [-0.39, 0.29) is 17.2 Å². The monoisotopic (exact) mass is 387 g/mol. The van der Waals surface area contributed by atoms with Crippen LogP contribution in [0.25, 0.3) is 17.0 Å². The molecule has 10 nitrogen and oxygen atoms in total. The summed E-state index contributed by atoms with van der Waals surface area (Å²) in [5.74, 6) is 0.511. The second-order valence-electron chi connectivity index (χ2n) is 7.71. The van der Waals surface area contributed by atoms with Crippen LogP contribution in [0.2, 0.25) is 0 Å². The predicted octanol–water partition coefficient (Wildman–Crippen LogP) is 1.86. The second-order valence-corrected chi connectivity index (χ2v) is 7.71. The molecule has 0 atom stereocenters. The molecule has 10 heteroatoms. The summed E-state index contributed by atoms with van der Waals surface area (Å²) >= 11 is 0. The first-order chi connectivity index (χ1) is 13.2. The molecular weight excluding hydrogens is 362 g/mol. The Balaban J connectivity index is 1.78. The summed E-state index contributed by atoms with van der Waals surface area (Å²) in [4.78, 5) is 28.5. The Morgan fingerprint density at radius 1 is 1.32 bits per heavy atom. The molecule has 0 fully saturated rings. The number of fused-ring (bicyclic) bond motifs is 1. The van der Waals surface area contributed by atoms with Gasteiger partial charge in [0.25, 0.3) is 5.56 Å². The number of rotatable bonds is 5. The van der Waals surface area contributed by atoms with E-state index in [1.165, 1.54) is 4.52 Å². The standard InChI is InChI=1S/C18H25N7O3/c1-12(2)25-14(22-24-9-7-19-15(24)16(25)26)13-10-21-23(11-13)8-6-20-17(27)28-18(3,4)5/h7,9-12H,6,8H2,1-5H3,(H,20,27). The fourth-order valence-corrected chi connectivity index (χ4v) is 2.75. The van der Waals surface area contributed by atoms with E-state index >= 15 is 0 Å². The Bertz CT molecular complexity index is 1040. The van der Waals surface area contributed by atoms with Gasteiger partial charge < -0.3 is 10.1 Å². The Morgan fingerprint density at radius 2 is 2.07 bits per heavy atom. The van der Waals surface area contributed by atoms with Crippen molar-refractivity contribution in [2.75, 3.05) is 6.54 Å². The molecular formula is C18H25N7O3. The minimum Gasteiger partial charge on any atom is -0.444 e. The third-order valence-corrected chi connectivity index (χ3v) is 3.88. The van der Waals surface area contributed by atoms with Crippen molar-refractivity contribution in [2.24, 2.45) is 0 Å². The van der Waals surface area contributed by atoms with Crippen molar-refractivity contribution in [2.45, 2.75) is 52.8 Å². The molecule has 1 N–H and O–H groups in total. The van der Waals surface area contributed by atoms with Gasteiger partial charge in [0.05, 0.1) is 18.3 Å². The lowest BCUT2D eigenvalue weighted by molar-refractivity contribution is 0.0525. The summed E-state index contributed by atoms with van der Waals surface area (Å²) in [6.07, 6.45) is 6.15. The summed E-state index contributed by atoms with van der Waals surface area (Å²) in [6, 6.07) is -0.0890. The Kier molecular flexibility index (Phi) is 5.21. The molecule has 0 aliphatic rings. The maximum Gasteiger partial charge on any atom is 0.407 e. The molecule has 3 aromatic rings. The molecule has 150 valence electrons. The third kappa shape index (κ3) is 4.21. The van der Waals surface area contributed by atoms with Crippen LogP contribution in [-0.2, 0) is 11.3 Å². The molecule has 0 aliphatic heterocycles. The largest absolute Gasteiger partial charge is 0.444 e. The van der Waals surface area contributed by atoms with E-state index in [0.717, 1.165) is 0 Å². The van der Waals surface area contributed by atoms with Crippen molar-refractivity contribution < 1.29 is 9.53 Å². The molecule has 0 bridgehead atoms. The topological polar surface area (TPSA) is 108 Å². The molecule has 0 aromatic carbocycles. The van der Waals surface area contributed by atoms with Crippen LogP contribution in [-0.4, -0.2) is 47.2 Å². The third-order valence-electron chi connectivity index (χ3n) is 3.88. The maximum absolute atomic E-state index is 12.7. The number of aromatic nitrogens is 6. The predicted molar refractivity (Wildman–Crippen MR) is 103 cm³/mol. The van der Waals surface area contributed by atoms with Gasteiger partial charge in [-0.25, -0.2) is 14.3 Å². The van der Waals surface area contributed by atoms with Crippen LogP contribution >= 0.6 is 0 Å². The molecule has 1 amide bonds. The van der Waals surface area contributed by atoms with E-state index in [0.29, 0.717) is 24.5 Å². The number of nitrogens with zero attached hydrogens (tertiary/aromatic N) is 6. The number of hydrogen-bond acceptors (Lipinski definition) is 6. The van der Waals surface area contributed by atoms with E-state index in [2.05, 4.69) is 20.5 Å². The number of carbonyl (C=O) groups is 1. The van der Waals surface area contributed by atoms with Crippen molar-refractivity contribution in [3.05, 3.63) is 35.1 Å². The first-order valence-electron chi connectivity index (χ1n) is 9.11. The van der Waals surface area contributed by atoms with Gasteiger partial charge in [-0.3, -0.25) is 14.0 Å². The highest BCUT2D eigenvalue weighted by atomic mass is 16.6. The lowest BCUT2D eigenvalue weighted by Gasteiger charge is -2.19. The number of ether oxygens (including phenoxy) is 1. The molecule has 3 rings (SSSR count). The second kappa shape index (κ2) is 7.45. The van der Waals surface area contributed by atoms with E-state index < -0.39 is 11.7 Å². The number of alkyl carbamates (subject to hydrolysis) is 1. The molecule has 3 aromatic heterocycles.